The number of aldehydes is 1. The van der Waals surface area contributed by atoms with E-state index < -0.39 is 0 Å². The number of hydrazine groups is 1. The van der Waals surface area contributed by atoms with Gasteiger partial charge in [-0.2, -0.15) is 5.10 Å². The highest BCUT2D eigenvalue weighted by atomic mass is 35.5. The second kappa shape index (κ2) is 6.69. The summed E-state index contributed by atoms with van der Waals surface area (Å²) in [7, 11) is 1.89. The number of nitrogens with one attached hydrogen (secondary N) is 1. The second-order valence-corrected chi connectivity index (χ2v) is 6.37. The molecule has 0 saturated heterocycles. The Morgan fingerprint density at radius 1 is 1.04 bits per heavy atom. The Morgan fingerprint density at radius 2 is 1.65 bits per heavy atom. The highest BCUT2D eigenvalue weighted by Crippen LogP contribution is 2.43. The van der Waals surface area contributed by atoms with E-state index in [0.29, 0.717) is 5.03 Å². The third-order valence-corrected chi connectivity index (χ3v) is 4.70. The first kappa shape index (κ1) is 16.4. The molecule has 0 saturated carbocycles. The lowest BCUT2D eigenvalue weighted by molar-refractivity contribution is -0.108. The minimum absolute atomic E-state index is 0.159. The SMILES string of the molecule is CN1NC(c2ccccc2)=C(Cl)c2c(-c3ccccc3)nn(CC=O)c21. The number of carbonyl (C=O) groups excluding carboxylic acids is 1. The average molecular weight is 365 g/mol. The summed E-state index contributed by atoms with van der Waals surface area (Å²) in [5.74, 6) is 0.764. The highest BCUT2D eigenvalue weighted by molar-refractivity contribution is 6.53. The van der Waals surface area contributed by atoms with Gasteiger partial charge in [-0.15, -0.1) is 0 Å². The summed E-state index contributed by atoms with van der Waals surface area (Å²) in [4.78, 5) is 11.1. The van der Waals surface area contributed by atoms with Crippen molar-refractivity contribution in [3.63, 3.8) is 0 Å². The monoisotopic (exact) mass is 364 g/mol. The first-order valence-electron chi connectivity index (χ1n) is 8.26. The third-order valence-electron chi connectivity index (χ3n) is 4.32. The zero-order chi connectivity index (χ0) is 18.1. The van der Waals surface area contributed by atoms with Gasteiger partial charge in [-0.05, 0) is 0 Å². The summed E-state index contributed by atoms with van der Waals surface area (Å²) < 4.78 is 1.67. The number of anilines is 1. The van der Waals surface area contributed by atoms with Crippen LogP contribution in [0.25, 0.3) is 22.0 Å². The van der Waals surface area contributed by atoms with Crippen LogP contribution in [0.5, 0.6) is 0 Å². The van der Waals surface area contributed by atoms with Crippen LogP contribution in [0.1, 0.15) is 11.1 Å². The van der Waals surface area contributed by atoms with E-state index >= 15 is 0 Å². The van der Waals surface area contributed by atoms with Crippen LogP contribution in [0.3, 0.4) is 0 Å². The van der Waals surface area contributed by atoms with Crippen LogP contribution in [0, 0.1) is 0 Å². The van der Waals surface area contributed by atoms with Crippen LogP contribution in [0.2, 0.25) is 0 Å². The molecule has 0 radical (unpaired) electrons. The topological polar surface area (TPSA) is 50.2 Å². The van der Waals surface area contributed by atoms with Crippen molar-refractivity contribution >= 4 is 34.4 Å². The van der Waals surface area contributed by atoms with Gasteiger partial charge in [-0.25, -0.2) is 4.68 Å². The summed E-state index contributed by atoms with van der Waals surface area (Å²) in [6.45, 7) is 0.159. The van der Waals surface area contributed by atoms with E-state index in [1.54, 1.807) is 4.68 Å². The molecule has 0 spiro atoms. The Balaban J connectivity index is 1.98. The van der Waals surface area contributed by atoms with Crippen molar-refractivity contribution in [2.45, 2.75) is 6.54 Å². The van der Waals surface area contributed by atoms with E-state index in [0.717, 1.165) is 40.2 Å². The van der Waals surface area contributed by atoms with Gasteiger partial charge in [0.15, 0.2) is 5.82 Å². The Kier molecular flexibility index (Phi) is 4.22. The predicted octanol–water partition coefficient (Wildman–Crippen LogP) is 3.77. The fourth-order valence-electron chi connectivity index (χ4n) is 3.18. The predicted molar refractivity (Wildman–Crippen MR) is 104 cm³/mol. The fourth-order valence-corrected chi connectivity index (χ4v) is 3.51. The molecule has 3 aromatic rings. The van der Waals surface area contributed by atoms with E-state index in [2.05, 4.69) is 10.5 Å². The molecule has 1 aliphatic heterocycles. The maximum atomic E-state index is 11.1. The Labute approximate surface area is 156 Å². The smallest absolute Gasteiger partial charge is 0.155 e. The molecular formula is C20H17ClN4O. The van der Waals surface area contributed by atoms with Gasteiger partial charge in [0, 0.05) is 18.2 Å². The van der Waals surface area contributed by atoms with E-state index in [9.17, 15) is 4.79 Å². The number of hydrogen-bond donors (Lipinski definition) is 1. The molecule has 0 unspecified atom stereocenters. The van der Waals surface area contributed by atoms with Gasteiger partial charge in [-0.1, -0.05) is 72.3 Å². The van der Waals surface area contributed by atoms with E-state index in [1.807, 2.05) is 72.7 Å². The van der Waals surface area contributed by atoms with Gasteiger partial charge >= 0.3 is 0 Å². The van der Waals surface area contributed by atoms with Gasteiger partial charge in [0.05, 0.1) is 22.8 Å². The van der Waals surface area contributed by atoms with Crippen LogP contribution in [0.15, 0.2) is 60.7 Å². The van der Waals surface area contributed by atoms with Crippen LogP contribution < -0.4 is 10.4 Å². The van der Waals surface area contributed by atoms with Gasteiger partial charge in [0.2, 0.25) is 0 Å². The fraction of sp³-hybridized carbons (Fsp3) is 0.100. The summed E-state index contributed by atoms with van der Waals surface area (Å²) in [6, 6.07) is 19.8. The summed E-state index contributed by atoms with van der Waals surface area (Å²) in [5.41, 5.74) is 7.63. The van der Waals surface area contributed by atoms with Gasteiger partial charge in [0.25, 0.3) is 0 Å². The van der Waals surface area contributed by atoms with Gasteiger partial charge in [0.1, 0.15) is 12.0 Å². The average Bonchev–Trinajstić information content (AvgIpc) is 3.07. The number of halogens is 1. The van der Waals surface area contributed by atoms with Gasteiger partial charge < -0.3 is 4.79 Å². The standard InChI is InChI=1S/C20H17ClN4O/c1-24-20-16(17(21)19(22-24)15-10-6-3-7-11-15)18(23-25(20)12-13-26)14-8-4-2-5-9-14/h2-11,13,22H,12H2,1H3. The van der Waals surface area contributed by atoms with Crippen LogP contribution in [0.4, 0.5) is 5.82 Å². The quantitative estimate of drug-likeness (QED) is 0.716. The van der Waals surface area contributed by atoms with Crippen LogP contribution >= 0.6 is 11.6 Å². The molecule has 26 heavy (non-hydrogen) atoms. The molecule has 1 N–H and O–H groups in total. The number of benzene rings is 2. The van der Waals surface area contributed by atoms with Crippen molar-refractivity contribution in [2.75, 3.05) is 12.1 Å². The lowest BCUT2D eigenvalue weighted by Gasteiger charge is -2.30. The number of carbonyl (C=O) groups is 1. The van der Waals surface area contributed by atoms with Crippen molar-refractivity contribution in [1.82, 2.24) is 15.2 Å². The molecule has 0 fully saturated rings. The van der Waals surface area contributed by atoms with E-state index in [4.69, 9.17) is 11.6 Å². The van der Waals surface area contributed by atoms with Crippen molar-refractivity contribution in [3.8, 4) is 11.3 Å². The molecule has 2 aromatic carbocycles. The summed E-state index contributed by atoms with van der Waals surface area (Å²) in [6.07, 6.45) is 0.834. The first-order valence-corrected chi connectivity index (χ1v) is 8.64. The van der Waals surface area contributed by atoms with Crippen molar-refractivity contribution in [2.24, 2.45) is 0 Å². The molecule has 0 bridgehead atoms. The Hall–Kier alpha value is -3.05. The van der Waals surface area contributed by atoms with Crippen molar-refractivity contribution in [1.29, 1.82) is 0 Å². The molecule has 1 aliphatic rings. The molecule has 4 rings (SSSR count). The summed E-state index contributed by atoms with van der Waals surface area (Å²) in [5, 5.41) is 7.10. The lowest BCUT2D eigenvalue weighted by atomic mass is 10.0. The van der Waals surface area contributed by atoms with Crippen LogP contribution in [-0.4, -0.2) is 23.1 Å². The van der Waals surface area contributed by atoms with Gasteiger partial charge in [-0.3, -0.25) is 10.4 Å². The molecule has 130 valence electrons. The third kappa shape index (κ3) is 2.66. The molecule has 0 atom stereocenters. The Morgan fingerprint density at radius 3 is 2.27 bits per heavy atom. The summed E-state index contributed by atoms with van der Waals surface area (Å²) >= 11 is 6.83. The largest absolute Gasteiger partial charge is 0.301 e. The van der Waals surface area contributed by atoms with E-state index in [1.165, 1.54) is 0 Å². The molecule has 5 nitrogen and oxygen atoms in total. The Bertz CT molecular complexity index is 980. The minimum atomic E-state index is 0.159. The maximum Gasteiger partial charge on any atom is 0.155 e. The lowest BCUT2D eigenvalue weighted by Crippen LogP contribution is -2.38. The van der Waals surface area contributed by atoms with Crippen LogP contribution in [-0.2, 0) is 11.3 Å². The van der Waals surface area contributed by atoms with E-state index in [-0.39, 0.29) is 6.54 Å². The first-order chi connectivity index (χ1) is 12.7. The zero-order valence-electron chi connectivity index (χ0n) is 14.2. The zero-order valence-corrected chi connectivity index (χ0v) is 14.9. The number of rotatable bonds is 4. The normalized spacial score (nSPS) is 13.4. The highest BCUT2D eigenvalue weighted by Gasteiger charge is 2.30. The van der Waals surface area contributed by atoms with Crippen molar-refractivity contribution < 1.29 is 4.79 Å². The number of nitrogens with zero attached hydrogens (tertiary/aromatic N) is 3. The minimum Gasteiger partial charge on any atom is -0.301 e. The molecule has 6 heteroatoms. The van der Waals surface area contributed by atoms with Crippen molar-refractivity contribution in [3.05, 3.63) is 71.8 Å². The molecule has 0 aliphatic carbocycles. The number of aromatic nitrogens is 2. The number of hydrogen-bond acceptors (Lipinski definition) is 4. The molecule has 2 heterocycles. The second-order valence-electron chi connectivity index (χ2n) is 5.99. The molecular weight excluding hydrogens is 348 g/mol. The molecule has 1 aromatic heterocycles. The molecule has 0 amide bonds. The maximum absolute atomic E-state index is 11.1. The number of fused-ring (bicyclic) bond motifs is 1.